The van der Waals surface area contributed by atoms with Crippen LogP contribution in [0.5, 0.6) is 0 Å². The third-order valence-electron chi connectivity index (χ3n) is 3.10. The first-order valence-electron chi connectivity index (χ1n) is 6.52. The van der Waals surface area contributed by atoms with Crippen LogP contribution in [0.1, 0.15) is 11.1 Å². The molecule has 0 heterocycles. The third kappa shape index (κ3) is 4.02. The monoisotopic (exact) mass is 290 g/mol. The van der Waals surface area contributed by atoms with Crippen molar-refractivity contribution in [3.8, 4) is 0 Å². The standard InChI is InChI=1S/C16H16F2N2O/c1-10-3-4-13(18)8-15(10)20-16(21)9-19-14-6-5-12(17)7-11(14)2/h3-8,19H,9H2,1-2H3,(H,20,21). The summed E-state index contributed by atoms with van der Waals surface area (Å²) < 4.78 is 26.1. The number of rotatable bonds is 4. The van der Waals surface area contributed by atoms with Gasteiger partial charge in [0.05, 0.1) is 6.54 Å². The molecule has 0 saturated carbocycles. The highest BCUT2D eigenvalue weighted by molar-refractivity contribution is 5.94. The van der Waals surface area contributed by atoms with E-state index in [0.29, 0.717) is 16.9 Å². The summed E-state index contributed by atoms with van der Waals surface area (Å²) in [6.45, 7) is 3.55. The maximum Gasteiger partial charge on any atom is 0.243 e. The highest BCUT2D eigenvalue weighted by Crippen LogP contribution is 2.17. The molecule has 2 N–H and O–H groups in total. The molecule has 0 unspecified atom stereocenters. The third-order valence-corrected chi connectivity index (χ3v) is 3.10. The van der Waals surface area contributed by atoms with Crippen LogP contribution in [0.4, 0.5) is 20.2 Å². The van der Waals surface area contributed by atoms with E-state index >= 15 is 0 Å². The smallest absolute Gasteiger partial charge is 0.243 e. The molecule has 0 aliphatic carbocycles. The first kappa shape index (κ1) is 15.0. The molecule has 0 fully saturated rings. The molecule has 1 amide bonds. The van der Waals surface area contributed by atoms with Gasteiger partial charge >= 0.3 is 0 Å². The van der Waals surface area contributed by atoms with Crippen molar-refractivity contribution < 1.29 is 13.6 Å². The lowest BCUT2D eigenvalue weighted by atomic mass is 10.2. The fraction of sp³-hybridized carbons (Fsp3) is 0.188. The van der Waals surface area contributed by atoms with Crippen LogP contribution >= 0.6 is 0 Å². The Morgan fingerprint density at radius 1 is 0.952 bits per heavy atom. The molecule has 5 heteroatoms. The summed E-state index contributed by atoms with van der Waals surface area (Å²) in [5, 5.41) is 5.56. The lowest BCUT2D eigenvalue weighted by Crippen LogP contribution is -2.22. The highest BCUT2D eigenvalue weighted by Gasteiger charge is 2.07. The Bertz CT molecular complexity index is 671. The second-order valence-electron chi connectivity index (χ2n) is 4.82. The number of amides is 1. The van der Waals surface area contributed by atoms with Gasteiger partial charge in [0.15, 0.2) is 0 Å². The number of anilines is 2. The van der Waals surface area contributed by atoms with Gasteiger partial charge in [0.2, 0.25) is 5.91 Å². The summed E-state index contributed by atoms with van der Waals surface area (Å²) in [6, 6.07) is 8.50. The molecule has 0 radical (unpaired) electrons. The van der Waals surface area contributed by atoms with Crippen molar-refractivity contribution >= 4 is 17.3 Å². The van der Waals surface area contributed by atoms with E-state index in [4.69, 9.17) is 0 Å². The van der Waals surface area contributed by atoms with E-state index < -0.39 is 5.82 Å². The largest absolute Gasteiger partial charge is 0.376 e. The molecule has 2 rings (SSSR count). The zero-order valence-electron chi connectivity index (χ0n) is 11.8. The number of nitrogens with one attached hydrogen (secondary N) is 2. The van der Waals surface area contributed by atoms with Gasteiger partial charge in [-0.05, 0) is 55.3 Å². The molecule has 110 valence electrons. The normalized spacial score (nSPS) is 10.3. The van der Waals surface area contributed by atoms with Crippen LogP contribution in [-0.4, -0.2) is 12.5 Å². The molecule has 3 nitrogen and oxygen atoms in total. The van der Waals surface area contributed by atoms with Crippen molar-refractivity contribution in [2.75, 3.05) is 17.2 Å². The van der Waals surface area contributed by atoms with E-state index in [9.17, 15) is 13.6 Å². The van der Waals surface area contributed by atoms with Crippen LogP contribution < -0.4 is 10.6 Å². The van der Waals surface area contributed by atoms with E-state index in [1.807, 2.05) is 0 Å². The molecule has 0 aliphatic heterocycles. The minimum atomic E-state index is -0.404. The first-order chi connectivity index (χ1) is 9.95. The lowest BCUT2D eigenvalue weighted by Gasteiger charge is -2.11. The second kappa shape index (κ2) is 6.35. The zero-order valence-corrected chi connectivity index (χ0v) is 11.8. The number of aryl methyl sites for hydroxylation is 2. The summed E-state index contributed by atoms with van der Waals surface area (Å²) in [5.41, 5.74) is 2.62. The predicted octanol–water partition coefficient (Wildman–Crippen LogP) is 3.63. The van der Waals surface area contributed by atoms with Crippen LogP contribution in [0.3, 0.4) is 0 Å². The Balaban J connectivity index is 1.97. The van der Waals surface area contributed by atoms with E-state index in [2.05, 4.69) is 10.6 Å². The summed E-state index contributed by atoms with van der Waals surface area (Å²) in [4.78, 5) is 11.9. The van der Waals surface area contributed by atoms with Crippen molar-refractivity contribution in [2.45, 2.75) is 13.8 Å². The molecule has 0 aromatic heterocycles. The Labute approximate surface area is 122 Å². The van der Waals surface area contributed by atoms with Crippen LogP contribution in [0.2, 0.25) is 0 Å². The molecular weight excluding hydrogens is 274 g/mol. The van der Waals surface area contributed by atoms with Crippen LogP contribution in [0.25, 0.3) is 0 Å². The van der Waals surface area contributed by atoms with E-state index in [-0.39, 0.29) is 18.3 Å². The Morgan fingerprint density at radius 2 is 1.62 bits per heavy atom. The lowest BCUT2D eigenvalue weighted by molar-refractivity contribution is -0.114. The van der Waals surface area contributed by atoms with Gasteiger partial charge in [-0.15, -0.1) is 0 Å². The summed E-state index contributed by atoms with van der Waals surface area (Å²) >= 11 is 0. The molecule has 0 saturated heterocycles. The topological polar surface area (TPSA) is 41.1 Å². The Kier molecular flexibility index (Phi) is 4.52. The maximum absolute atomic E-state index is 13.1. The molecular formula is C16H16F2N2O. The zero-order chi connectivity index (χ0) is 15.4. The van der Waals surface area contributed by atoms with Crippen LogP contribution in [-0.2, 0) is 4.79 Å². The fourth-order valence-electron chi connectivity index (χ4n) is 1.92. The summed E-state index contributed by atoms with van der Waals surface area (Å²) in [7, 11) is 0. The van der Waals surface area contributed by atoms with Gasteiger partial charge < -0.3 is 10.6 Å². The van der Waals surface area contributed by atoms with E-state index in [1.54, 1.807) is 26.0 Å². The average molecular weight is 290 g/mol. The highest BCUT2D eigenvalue weighted by atomic mass is 19.1. The minimum absolute atomic E-state index is 0.0163. The number of halogens is 2. The van der Waals surface area contributed by atoms with Crippen molar-refractivity contribution in [2.24, 2.45) is 0 Å². The SMILES string of the molecule is Cc1cc(F)ccc1NCC(=O)Nc1cc(F)ccc1C. The molecule has 2 aromatic rings. The van der Waals surface area contributed by atoms with Crippen molar-refractivity contribution in [3.05, 3.63) is 59.2 Å². The van der Waals surface area contributed by atoms with Crippen molar-refractivity contribution in [3.63, 3.8) is 0 Å². The summed E-state index contributed by atoms with van der Waals surface area (Å²) in [6.07, 6.45) is 0. The minimum Gasteiger partial charge on any atom is -0.376 e. The summed E-state index contributed by atoms with van der Waals surface area (Å²) in [5.74, 6) is -1.02. The molecule has 0 spiro atoms. The maximum atomic E-state index is 13.1. The molecule has 2 aromatic carbocycles. The molecule has 0 atom stereocenters. The van der Waals surface area contributed by atoms with Crippen molar-refractivity contribution in [1.29, 1.82) is 0 Å². The van der Waals surface area contributed by atoms with Crippen molar-refractivity contribution in [1.82, 2.24) is 0 Å². The van der Waals surface area contributed by atoms with Crippen LogP contribution in [0.15, 0.2) is 36.4 Å². The molecule has 0 bridgehead atoms. The molecule has 0 aliphatic rings. The van der Waals surface area contributed by atoms with Gasteiger partial charge in [0.1, 0.15) is 11.6 Å². The van der Waals surface area contributed by atoms with E-state index in [1.165, 1.54) is 24.3 Å². The van der Waals surface area contributed by atoms with E-state index in [0.717, 1.165) is 5.56 Å². The first-order valence-corrected chi connectivity index (χ1v) is 6.52. The number of carbonyl (C=O) groups is 1. The average Bonchev–Trinajstić information content (AvgIpc) is 2.42. The quantitative estimate of drug-likeness (QED) is 0.902. The molecule has 21 heavy (non-hydrogen) atoms. The van der Waals surface area contributed by atoms with Gasteiger partial charge in [0, 0.05) is 11.4 Å². The Hall–Kier alpha value is -2.43. The van der Waals surface area contributed by atoms with Crippen LogP contribution in [0, 0.1) is 25.5 Å². The number of hydrogen-bond acceptors (Lipinski definition) is 2. The number of hydrogen-bond donors (Lipinski definition) is 2. The van der Waals surface area contributed by atoms with Gasteiger partial charge in [0.25, 0.3) is 0 Å². The van der Waals surface area contributed by atoms with Gasteiger partial charge in [-0.25, -0.2) is 8.78 Å². The number of carbonyl (C=O) groups excluding carboxylic acids is 1. The number of benzene rings is 2. The van der Waals surface area contributed by atoms with Gasteiger partial charge in [-0.2, -0.15) is 0 Å². The van der Waals surface area contributed by atoms with Gasteiger partial charge in [-0.1, -0.05) is 6.07 Å². The predicted molar refractivity (Wildman–Crippen MR) is 79.4 cm³/mol. The van der Waals surface area contributed by atoms with Gasteiger partial charge in [-0.3, -0.25) is 4.79 Å². The fourth-order valence-corrected chi connectivity index (χ4v) is 1.92. The second-order valence-corrected chi connectivity index (χ2v) is 4.82. The Morgan fingerprint density at radius 3 is 2.33 bits per heavy atom.